The zero-order valence-electron chi connectivity index (χ0n) is 19.4. The van der Waals surface area contributed by atoms with Crippen LogP contribution in [0.5, 0.6) is 23.0 Å². The fraction of sp³-hybridized carbons (Fsp3) is 0.333. The first kappa shape index (κ1) is 23.0. The molecule has 4 rings (SSSR count). The molecule has 1 aliphatic rings. The summed E-state index contributed by atoms with van der Waals surface area (Å²) in [4.78, 5) is 0. The van der Waals surface area contributed by atoms with Crippen molar-refractivity contribution in [3.63, 3.8) is 0 Å². The molecule has 0 amide bonds. The first-order valence-corrected chi connectivity index (χ1v) is 11.1. The Morgan fingerprint density at radius 2 is 1.67 bits per heavy atom. The number of aliphatic hydroxyl groups is 1. The zero-order valence-corrected chi connectivity index (χ0v) is 19.4. The lowest BCUT2D eigenvalue weighted by atomic mass is 9.88. The van der Waals surface area contributed by atoms with Crippen molar-refractivity contribution in [2.24, 2.45) is 0 Å². The van der Waals surface area contributed by atoms with Crippen LogP contribution in [-0.4, -0.2) is 33.0 Å². The van der Waals surface area contributed by atoms with Crippen molar-refractivity contribution in [2.45, 2.75) is 32.1 Å². The maximum absolute atomic E-state index is 10.2. The van der Waals surface area contributed by atoms with E-state index >= 15 is 0 Å². The lowest BCUT2D eigenvalue weighted by molar-refractivity contribution is 0.257. The van der Waals surface area contributed by atoms with Gasteiger partial charge in [0, 0.05) is 11.6 Å². The van der Waals surface area contributed by atoms with E-state index in [4.69, 9.17) is 18.9 Å². The second-order valence-corrected chi connectivity index (χ2v) is 8.03. The van der Waals surface area contributed by atoms with E-state index in [2.05, 4.69) is 17.4 Å². The molecule has 33 heavy (non-hydrogen) atoms. The molecule has 6 nitrogen and oxygen atoms in total. The summed E-state index contributed by atoms with van der Waals surface area (Å²) in [5, 5.41) is 13.8. The molecule has 1 unspecified atom stereocenters. The van der Waals surface area contributed by atoms with Gasteiger partial charge in [-0.3, -0.25) is 0 Å². The van der Waals surface area contributed by atoms with Gasteiger partial charge in [-0.1, -0.05) is 36.4 Å². The van der Waals surface area contributed by atoms with Gasteiger partial charge in [0.25, 0.3) is 0 Å². The summed E-state index contributed by atoms with van der Waals surface area (Å²) in [6.45, 7) is 1.17. The average molecular weight is 450 g/mol. The number of nitrogens with one attached hydrogen (secondary N) is 1. The van der Waals surface area contributed by atoms with Gasteiger partial charge in [0.1, 0.15) is 6.61 Å². The van der Waals surface area contributed by atoms with E-state index in [0.29, 0.717) is 24.5 Å². The van der Waals surface area contributed by atoms with Gasteiger partial charge in [0.05, 0.1) is 27.9 Å². The largest absolute Gasteiger partial charge is 0.493 e. The Bertz CT molecular complexity index is 1080. The first-order chi connectivity index (χ1) is 16.2. The average Bonchev–Trinajstić information content (AvgIpc) is 2.87. The van der Waals surface area contributed by atoms with Crippen LogP contribution in [0.15, 0.2) is 54.6 Å². The van der Waals surface area contributed by atoms with Crippen molar-refractivity contribution in [3.8, 4) is 23.0 Å². The van der Waals surface area contributed by atoms with Gasteiger partial charge in [0.2, 0.25) is 0 Å². The molecule has 2 N–H and O–H groups in total. The van der Waals surface area contributed by atoms with E-state index in [1.165, 1.54) is 11.1 Å². The molecule has 0 aromatic heterocycles. The molecule has 1 heterocycles. The third-order valence-electron chi connectivity index (χ3n) is 6.15. The van der Waals surface area contributed by atoms with Crippen LogP contribution in [0.4, 0.5) is 0 Å². The number of methoxy groups -OCH3 is 3. The third-order valence-corrected chi connectivity index (χ3v) is 6.15. The normalized spacial score (nSPS) is 15.0. The molecule has 0 radical (unpaired) electrons. The lowest BCUT2D eigenvalue weighted by Gasteiger charge is -2.29. The Morgan fingerprint density at radius 3 is 2.36 bits per heavy atom. The van der Waals surface area contributed by atoms with Crippen LogP contribution in [0.3, 0.4) is 0 Å². The Kier molecular flexibility index (Phi) is 7.37. The number of rotatable bonds is 9. The minimum absolute atomic E-state index is 0.0830. The highest BCUT2D eigenvalue weighted by Gasteiger charge is 2.25. The van der Waals surface area contributed by atoms with Crippen molar-refractivity contribution in [1.29, 1.82) is 0 Å². The summed E-state index contributed by atoms with van der Waals surface area (Å²) in [6, 6.07) is 18.1. The molecule has 1 atom stereocenters. The molecule has 3 aromatic rings. The minimum Gasteiger partial charge on any atom is -0.493 e. The van der Waals surface area contributed by atoms with Crippen molar-refractivity contribution >= 4 is 0 Å². The second kappa shape index (κ2) is 10.6. The van der Waals surface area contributed by atoms with Crippen LogP contribution < -0.4 is 24.3 Å². The molecular formula is C27H31NO5. The Balaban J connectivity index is 1.61. The quantitative estimate of drug-likeness (QED) is 0.510. The smallest absolute Gasteiger partial charge is 0.166 e. The first-order valence-electron chi connectivity index (χ1n) is 11.1. The standard InChI is InChI=1S/C27H31NO5/c1-30-25-14-20-11-12-28-23(21(20)15-26(25)31-2)13-19-9-10-24(27(32-3)22(19)16-29)33-17-18-7-5-4-6-8-18/h4-10,14-15,23,28-29H,11-13,16-17H2,1-3H3. The van der Waals surface area contributed by atoms with Crippen molar-refractivity contribution in [3.05, 3.63) is 82.4 Å². The summed E-state index contributed by atoms with van der Waals surface area (Å²) >= 11 is 0. The van der Waals surface area contributed by atoms with Gasteiger partial charge in [-0.05, 0) is 59.8 Å². The lowest BCUT2D eigenvalue weighted by Crippen LogP contribution is -2.31. The molecule has 3 aromatic carbocycles. The molecule has 0 fully saturated rings. The van der Waals surface area contributed by atoms with Gasteiger partial charge in [-0.15, -0.1) is 0 Å². The summed E-state index contributed by atoms with van der Waals surface area (Å²) in [6.07, 6.45) is 1.63. The number of hydrogen-bond acceptors (Lipinski definition) is 6. The van der Waals surface area contributed by atoms with Crippen LogP contribution in [0, 0.1) is 0 Å². The van der Waals surface area contributed by atoms with Crippen molar-refractivity contribution in [1.82, 2.24) is 5.32 Å². The minimum atomic E-state index is -0.132. The van der Waals surface area contributed by atoms with E-state index in [-0.39, 0.29) is 12.6 Å². The molecule has 1 aliphatic heterocycles. The molecule has 0 aliphatic carbocycles. The topological polar surface area (TPSA) is 69.2 Å². The van der Waals surface area contributed by atoms with Gasteiger partial charge < -0.3 is 29.4 Å². The molecular weight excluding hydrogens is 418 g/mol. The molecule has 0 saturated carbocycles. The summed E-state index contributed by atoms with van der Waals surface area (Å²) in [5.41, 5.74) is 5.27. The van der Waals surface area contributed by atoms with Crippen LogP contribution in [-0.2, 0) is 26.1 Å². The monoisotopic (exact) mass is 449 g/mol. The van der Waals surface area contributed by atoms with Gasteiger partial charge >= 0.3 is 0 Å². The molecule has 0 saturated heterocycles. The Hall–Kier alpha value is -3.22. The number of aliphatic hydroxyl groups excluding tert-OH is 1. The predicted octanol–water partition coefficient (Wildman–Crippen LogP) is 4.21. The molecule has 174 valence electrons. The number of ether oxygens (including phenoxy) is 4. The Labute approximate surface area is 195 Å². The number of benzene rings is 3. The van der Waals surface area contributed by atoms with Crippen LogP contribution in [0.2, 0.25) is 0 Å². The predicted molar refractivity (Wildman–Crippen MR) is 127 cm³/mol. The highest BCUT2D eigenvalue weighted by Crippen LogP contribution is 2.39. The summed E-state index contributed by atoms with van der Waals surface area (Å²) in [7, 11) is 4.92. The van der Waals surface area contributed by atoms with E-state index in [1.807, 2.05) is 42.5 Å². The number of hydrogen-bond donors (Lipinski definition) is 2. The molecule has 6 heteroatoms. The Morgan fingerprint density at radius 1 is 0.909 bits per heavy atom. The SMILES string of the molecule is COc1cc2c(cc1OC)C(Cc1ccc(OCc3ccccc3)c(OC)c1CO)NCC2. The van der Waals surface area contributed by atoms with E-state index < -0.39 is 0 Å². The van der Waals surface area contributed by atoms with Gasteiger partial charge in [0.15, 0.2) is 23.0 Å². The summed E-state index contributed by atoms with van der Waals surface area (Å²) in [5.74, 6) is 2.66. The fourth-order valence-electron chi connectivity index (χ4n) is 4.46. The van der Waals surface area contributed by atoms with Gasteiger partial charge in [-0.2, -0.15) is 0 Å². The van der Waals surface area contributed by atoms with Crippen LogP contribution in [0.1, 0.15) is 33.9 Å². The van der Waals surface area contributed by atoms with Crippen LogP contribution >= 0.6 is 0 Å². The molecule has 0 bridgehead atoms. The second-order valence-electron chi connectivity index (χ2n) is 8.03. The summed E-state index contributed by atoms with van der Waals surface area (Å²) < 4.78 is 22.7. The van der Waals surface area contributed by atoms with Gasteiger partial charge in [-0.25, -0.2) is 0 Å². The highest BCUT2D eigenvalue weighted by molar-refractivity contribution is 5.53. The maximum atomic E-state index is 10.2. The number of fused-ring (bicyclic) bond motifs is 1. The zero-order chi connectivity index (χ0) is 23.2. The van der Waals surface area contributed by atoms with Crippen molar-refractivity contribution in [2.75, 3.05) is 27.9 Å². The highest BCUT2D eigenvalue weighted by atomic mass is 16.5. The van der Waals surface area contributed by atoms with Crippen LogP contribution in [0.25, 0.3) is 0 Å². The van der Waals surface area contributed by atoms with Crippen molar-refractivity contribution < 1.29 is 24.1 Å². The fourth-order valence-corrected chi connectivity index (χ4v) is 4.46. The molecule has 0 spiro atoms. The van der Waals surface area contributed by atoms with E-state index in [1.54, 1.807) is 21.3 Å². The van der Waals surface area contributed by atoms with E-state index in [9.17, 15) is 5.11 Å². The third kappa shape index (κ3) is 4.92. The van der Waals surface area contributed by atoms with E-state index in [0.717, 1.165) is 41.2 Å². The maximum Gasteiger partial charge on any atom is 0.166 e.